The second-order valence-electron chi connectivity index (χ2n) is 5.20. The SMILES string of the molecule is Cc1ccccc1OCCCNC(=O)NCc1ccc(Cl)cc1. The molecule has 0 aromatic heterocycles. The number of hydrogen-bond donors (Lipinski definition) is 2. The lowest BCUT2D eigenvalue weighted by atomic mass is 10.2. The molecule has 0 fully saturated rings. The third-order valence-electron chi connectivity index (χ3n) is 3.32. The highest BCUT2D eigenvalue weighted by molar-refractivity contribution is 6.30. The van der Waals surface area contributed by atoms with Gasteiger partial charge in [-0.15, -0.1) is 0 Å². The fraction of sp³-hybridized carbons (Fsp3) is 0.278. The number of nitrogens with one attached hydrogen (secondary N) is 2. The van der Waals surface area contributed by atoms with Crippen LogP contribution >= 0.6 is 11.6 Å². The van der Waals surface area contributed by atoms with Crippen molar-refractivity contribution in [1.82, 2.24) is 10.6 Å². The molecule has 4 nitrogen and oxygen atoms in total. The molecule has 0 heterocycles. The molecule has 2 aromatic rings. The van der Waals surface area contributed by atoms with E-state index in [0.29, 0.717) is 24.7 Å². The van der Waals surface area contributed by atoms with E-state index in [9.17, 15) is 4.79 Å². The van der Waals surface area contributed by atoms with Gasteiger partial charge in [0.1, 0.15) is 5.75 Å². The van der Waals surface area contributed by atoms with E-state index < -0.39 is 0 Å². The van der Waals surface area contributed by atoms with E-state index in [1.54, 1.807) is 12.1 Å². The van der Waals surface area contributed by atoms with E-state index in [1.807, 2.05) is 43.3 Å². The average molecular weight is 333 g/mol. The van der Waals surface area contributed by atoms with Crippen molar-refractivity contribution < 1.29 is 9.53 Å². The predicted octanol–water partition coefficient (Wildman–Crippen LogP) is 3.92. The van der Waals surface area contributed by atoms with E-state index in [2.05, 4.69) is 10.6 Å². The molecular weight excluding hydrogens is 312 g/mol. The Hall–Kier alpha value is -2.20. The minimum absolute atomic E-state index is 0.184. The minimum atomic E-state index is -0.184. The maximum absolute atomic E-state index is 11.7. The summed E-state index contributed by atoms with van der Waals surface area (Å²) < 4.78 is 5.67. The third kappa shape index (κ3) is 6.20. The molecule has 0 aliphatic carbocycles. The quantitative estimate of drug-likeness (QED) is 0.755. The number of rotatable bonds is 7. The summed E-state index contributed by atoms with van der Waals surface area (Å²) >= 11 is 5.82. The first-order valence-electron chi connectivity index (χ1n) is 7.60. The Morgan fingerprint density at radius 2 is 1.83 bits per heavy atom. The Kier molecular flexibility index (Phi) is 6.76. The second kappa shape index (κ2) is 9.06. The molecule has 0 saturated carbocycles. The molecule has 0 aliphatic rings. The van der Waals surface area contributed by atoms with Gasteiger partial charge in [0, 0.05) is 18.1 Å². The van der Waals surface area contributed by atoms with E-state index in [4.69, 9.17) is 16.3 Å². The Morgan fingerprint density at radius 1 is 1.09 bits per heavy atom. The highest BCUT2D eigenvalue weighted by Crippen LogP contribution is 2.16. The number of ether oxygens (including phenoxy) is 1. The van der Waals surface area contributed by atoms with Gasteiger partial charge >= 0.3 is 6.03 Å². The summed E-state index contributed by atoms with van der Waals surface area (Å²) in [5.74, 6) is 0.889. The molecule has 0 saturated heterocycles. The molecule has 0 aliphatic heterocycles. The number of para-hydroxylation sites is 1. The zero-order chi connectivity index (χ0) is 16.5. The van der Waals surface area contributed by atoms with Crippen molar-refractivity contribution in [2.45, 2.75) is 19.9 Å². The van der Waals surface area contributed by atoms with Crippen LogP contribution in [-0.2, 0) is 6.54 Å². The summed E-state index contributed by atoms with van der Waals surface area (Å²) in [6.07, 6.45) is 0.753. The predicted molar refractivity (Wildman–Crippen MR) is 93.0 cm³/mol. The van der Waals surface area contributed by atoms with Gasteiger partial charge < -0.3 is 15.4 Å². The second-order valence-corrected chi connectivity index (χ2v) is 5.64. The summed E-state index contributed by atoms with van der Waals surface area (Å²) in [7, 11) is 0. The molecule has 2 N–H and O–H groups in total. The van der Waals surface area contributed by atoms with Crippen LogP contribution in [0.25, 0.3) is 0 Å². The molecule has 0 atom stereocenters. The molecule has 0 radical (unpaired) electrons. The summed E-state index contributed by atoms with van der Waals surface area (Å²) in [5, 5.41) is 6.30. The molecule has 0 unspecified atom stereocenters. The van der Waals surface area contributed by atoms with Crippen LogP contribution < -0.4 is 15.4 Å². The Morgan fingerprint density at radius 3 is 2.57 bits per heavy atom. The Labute approximate surface area is 141 Å². The summed E-state index contributed by atoms with van der Waals surface area (Å²) in [6, 6.07) is 15.1. The lowest BCUT2D eigenvalue weighted by Gasteiger charge is -2.10. The van der Waals surface area contributed by atoms with Crippen LogP contribution in [0, 0.1) is 6.92 Å². The number of halogens is 1. The van der Waals surface area contributed by atoms with Crippen molar-refractivity contribution in [3.8, 4) is 5.75 Å². The average Bonchev–Trinajstić information content (AvgIpc) is 2.55. The minimum Gasteiger partial charge on any atom is -0.493 e. The van der Waals surface area contributed by atoms with Crippen molar-refractivity contribution in [3.05, 3.63) is 64.7 Å². The highest BCUT2D eigenvalue weighted by Gasteiger charge is 2.01. The van der Waals surface area contributed by atoms with Crippen LogP contribution in [-0.4, -0.2) is 19.2 Å². The molecule has 0 bridgehead atoms. The number of carbonyl (C=O) groups excluding carboxylic acids is 1. The van der Waals surface area contributed by atoms with E-state index in [1.165, 1.54) is 0 Å². The van der Waals surface area contributed by atoms with Gasteiger partial charge in [-0.3, -0.25) is 0 Å². The van der Waals surface area contributed by atoms with Crippen LogP contribution in [0.5, 0.6) is 5.75 Å². The largest absolute Gasteiger partial charge is 0.493 e. The van der Waals surface area contributed by atoms with E-state index in [0.717, 1.165) is 23.3 Å². The van der Waals surface area contributed by atoms with Crippen molar-refractivity contribution >= 4 is 17.6 Å². The standard InChI is InChI=1S/C18H21ClN2O2/c1-14-5-2-3-6-17(14)23-12-4-11-20-18(22)21-13-15-7-9-16(19)10-8-15/h2-3,5-10H,4,11-13H2,1H3,(H2,20,21,22). The fourth-order valence-electron chi connectivity index (χ4n) is 2.02. The maximum Gasteiger partial charge on any atom is 0.315 e. The lowest BCUT2D eigenvalue weighted by Crippen LogP contribution is -2.36. The van der Waals surface area contributed by atoms with Gasteiger partial charge in [0.15, 0.2) is 0 Å². The molecule has 2 aromatic carbocycles. The first kappa shape index (κ1) is 17.2. The monoisotopic (exact) mass is 332 g/mol. The molecule has 5 heteroatoms. The highest BCUT2D eigenvalue weighted by atomic mass is 35.5. The molecule has 23 heavy (non-hydrogen) atoms. The van der Waals surface area contributed by atoms with Gasteiger partial charge in [0.05, 0.1) is 6.61 Å². The summed E-state index contributed by atoms with van der Waals surface area (Å²) in [6.45, 7) is 3.63. The number of carbonyl (C=O) groups is 1. The van der Waals surface area contributed by atoms with Crippen LogP contribution in [0.4, 0.5) is 4.79 Å². The van der Waals surface area contributed by atoms with Crippen molar-refractivity contribution in [2.24, 2.45) is 0 Å². The molecule has 2 amide bonds. The number of benzene rings is 2. The summed E-state index contributed by atoms with van der Waals surface area (Å²) in [4.78, 5) is 11.7. The Bertz CT molecular complexity index is 629. The fourth-order valence-corrected chi connectivity index (χ4v) is 2.15. The van der Waals surface area contributed by atoms with Crippen molar-refractivity contribution in [2.75, 3.05) is 13.2 Å². The van der Waals surface area contributed by atoms with Gasteiger partial charge in [0.25, 0.3) is 0 Å². The zero-order valence-electron chi connectivity index (χ0n) is 13.1. The zero-order valence-corrected chi connectivity index (χ0v) is 13.9. The number of urea groups is 1. The van der Waals surface area contributed by atoms with E-state index in [-0.39, 0.29) is 6.03 Å². The molecular formula is C18H21ClN2O2. The Balaban J connectivity index is 1.58. The maximum atomic E-state index is 11.7. The van der Waals surface area contributed by atoms with Crippen molar-refractivity contribution in [3.63, 3.8) is 0 Å². The first-order valence-corrected chi connectivity index (χ1v) is 7.97. The summed E-state index contributed by atoms with van der Waals surface area (Å²) in [5.41, 5.74) is 2.12. The van der Waals surface area contributed by atoms with Gasteiger partial charge in [-0.1, -0.05) is 41.9 Å². The number of aryl methyl sites for hydroxylation is 1. The van der Waals surface area contributed by atoms with Gasteiger partial charge in [-0.25, -0.2) is 4.79 Å². The van der Waals surface area contributed by atoms with Crippen LogP contribution in [0.1, 0.15) is 17.5 Å². The molecule has 0 spiro atoms. The van der Waals surface area contributed by atoms with Crippen molar-refractivity contribution in [1.29, 1.82) is 0 Å². The smallest absolute Gasteiger partial charge is 0.315 e. The normalized spacial score (nSPS) is 10.2. The van der Waals surface area contributed by atoms with Gasteiger partial charge in [-0.2, -0.15) is 0 Å². The first-order chi connectivity index (χ1) is 11.1. The van der Waals surface area contributed by atoms with Gasteiger partial charge in [-0.05, 0) is 42.7 Å². The molecule has 2 rings (SSSR count). The van der Waals surface area contributed by atoms with Gasteiger partial charge in [0.2, 0.25) is 0 Å². The topological polar surface area (TPSA) is 50.4 Å². The number of hydrogen-bond acceptors (Lipinski definition) is 2. The van der Waals surface area contributed by atoms with Crippen LogP contribution in [0.3, 0.4) is 0 Å². The van der Waals surface area contributed by atoms with Crippen LogP contribution in [0.2, 0.25) is 5.02 Å². The van der Waals surface area contributed by atoms with E-state index >= 15 is 0 Å². The van der Waals surface area contributed by atoms with Crippen LogP contribution in [0.15, 0.2) is 48.5 Å². The molecule has 122 valence electrons. The lowest BCUT2D eigenvalue weighted by molar-refractivity contribution is 0.238. The third-order valence-corrected chi connectivity index (χ3v) is 3.58. The number of amides is 2.